The summed E-state index contributed by atoms with van der Waals surface area (Å²) in [6, 6.07) is 15.7. The van der Waals surface area contributed by atoms with Gasteiger partial charge in [-0.2, -0.15) is 0 Å². The summed E-state index contributed by atoms with van der Waals surface area (Å²) in [6.45, 7) is 6.05. The summed E-state index contributed by atoms with van der Waals surface area (Å²) in [5.41, 5.74) is 5.13. The SMILES string of the molecule is Cc1cc([C@@H]2[C@H](c3ccccn3)NC(=S)N2CCCN(C)C)c(C)n1-c1ccccc1O. The van der Waals surface area contributed by atoms with Crippen LogP contribution in [-0.4, -0.2) is 56.8 Å². The zero-order valence-electron chi connectivity index (χ0n) is 19.1. The molecule has 0 spiro atoms. The van der Waals surface area contributed by atoms with E-state index in [1.54, 1.807) is 6.07 Å². The molecule has 2 aromatic heterocycles. The van der Waals surface area contributed by atoms with Crippen LogP contribution in [0.2, 0.25) is 0 Å². The van der Waals surface area contributed by atoms with Crippen molar-refractivity contribution in [3.05, 3.63) is 77.4 Å². The van der Waals surface area contributed by atoms with Gasteiger partial charge in [-0.05, 0) is 89.0 Å². The number of aryl methyl sites for hydroxylation is 1. The third kappa shape index (κ3) is 4.23. The standard InChI is InChI=1S/C25H31N5OS/c1-17-16-19(18(2)30(17)21-11-5-6-12-22(21)31)24-23(20-10-7-8-13-26-20)27-25(32)29(24)15-9-14-28(3)4/h5-8,10-13,16,23-24,31H,9,14-15H2,1-4H3,(H,27,32)/t23-,24+/m0/s1. The first kappa shape index (κ1) is 22.3. The number of hydrogen-bond donors (Lipinski definition) is 2. The molecule has 0 aliphatic carbocycles. The van der Waals surface area contributed by atoms with E-state index in [4.69, 9.17) is 12.2 Å². The van der Waals surface area contributed by atoms with Gasteiger partial charge >= 0.3 is 0 Å². The highest BCUT2D eigenvalue weighted by Crippen LogP contribution is 2.42. The van der Waals surface area contributed by atoms with E-state index in [1.807, 2.05) is 36.5 Å². The first-order chi connectivity index (χ1) is 15.4. The summed E-state index contributed by atoms with van der Waals surface area (Å²) in [5, 5.41) is 14.8. The van der Waals surface area contributed by atoms with Crippen LogP contribution in [0.1, 0.15) is 41.1 Å². The molecule has 0 saturated carbocycles. The van der Waals surface area contributed by atoms with Crippen molar-refractivity contribution in [1.29, 1.82) is 0 Å². The Bertz CT molecular complexity index is 1090. The van der Waals surface area contributed by atoms with E-state index < -0.39 is 0 Å². The summed E-state index contributed by atoms with van der Waals surface area (Å²) in [7, 11) is 4.18. The normalized spacial score (nSPS) is 18.4. The molecule has 0 radical (unpaired) electrons. The van der Waals surface area contributed by atoms with Crippen molar-refractivity contribution in [3.8, 4) is 11.4 Å². The van der Waals surface area contributed by atoms with E-state index in [-0.39, 0.29) is 17.8 Å². The quantitative estimate of drug-likeness (QED) is 0.529. The second-order valence-corrected chi connectivity index (χ2v) is 9.01. The van der Waals surface area contributed by atoms with Crippen molar-refractivity contribution in [2.45, 2.75) is 32.4 Å². The molecule has 2 N–H and O–H groups in total. The largest absolute Gasteiger partial charge is 0.506 e. The van der Waals surface area contributed by atoms with Crippen LogP contribution in [0.5, 0.6) is 5.75 Å². The summed E-state index contributed by atoms with van der Waals surface area (Å²) in [4.78, 5) is 9.14. The first-order valence-electron chi connectivity index (χ1n) is 11.0. The topological polar surface area (TPSA) is 56.6 Å². The lowest BCUT2D eigenvalue weighted by molar-refractivity contribution is 0.292. The number of pyridine rings is 1. The average molecular weight is 450 g/mol. The molecule has 1 saturated heterocycles. The third-order valence-electron chi connectivity index (χ3n) is 6.11. The van der Waals surface area contributed by atoms with E-state index in [9.17, 15) is 5.11 Å². The number of phenols is 1. The fourth-order valence-corrected chi connectivity index (χ4v) is 4.98. The van der Waals surface area contributed by atoms with Crippen LogP contribution >= 0.6 is 12.2 Å². The molecule has 6 nitrogen and oxygen atoms in total. The minimum atomic E-state index is -0.0404. The van der Waals surface area contributed by atoms with Gasteiger partial charge in [0, 0.05) is 24.1 Å². The van der Waals surface area contributed by atoms with E-state index in [1.165, 1.54) is 5.56 Å². The molecule has 1 aromatic carbocycles. The minimum absolute atomic E-state index is 0.0189. The lowest BCUT2D eigenvalue weighted by Gasteiger charge is -2.28. The van der Waals surface area contributed by atoms with Crippen molar-refractivity contribution < 1.29 is 5.11 Å². The summed E-state index contributed by atoms with van der Waals surface area (Å²) in [6.07, 6.45) is 2.84. The minimum Gasteiger partial charge on any atom is -0.506 e. The lowest BCUT2D eigenvalue weighted by atomic mass is 9.96. The van der Waals surface area contributed by atoms with Crippen LogP contribution in [0.15, 0.2) is 54.7 Å². The number of aromatic nitrogens is 2. The number of nitrogens with zero attached hydrogens (tertiary/aromatic N) is 4. The maximum Gasteiger partial charge on any atom is 0.170 e. The Morgan fingerprint density at radius 1 is 1.12 bits per heavy atom. The molecule has 7 heteroatoms. The van der Waals surface area contributed by atoms with Crippen LogP contribution in [0.4, 0.5) is 0 Å². The Morgan fingerprint density at radius 3 is 2.56 bits per heavy atom. The van der Waals surface area contributed by atoms with Gasteiger partial charge in [0.2, 0.25) is 0 Å². The highest BCUT2D eigenvalue weighted by Gasteiger charge is 2.41. The monoisotopic (exact) mass is 449 g/mol. The Kier molecular flexibility index (Phi) is 6.48. The number of rotatable bonds is 7. The molecule has 0 bridgehead atoms. The molecular formula is C25H31N5OS. The summed E-state index contributed by atoms with van der Waals surface area (Å²) < 4.78 is 2.12. The molecule has 168 valence electrons. The average Bonchev–Trinajstić information content (AvgIpc) is 3.24. The molecular weight excluding hydrogens is 418 g/mol. The lowest BCUT2D eigenvalue weighted by Crippen LogP contribution is -2.32. The van der Waals surface area contributed by atoms with Crippen LogP contribution in [0.3, 0.4) is 0 Å². The van der Waals surface area contributed by atoms with Crippen LogP contribution < -0.4 is 5.32 Å². The van der Waals surface area contributed by atoms with Gasteiger partial charge in [0.1, 0.15) is 5.75 Å². The molecule has 1 aliphatic rings. The van der Waals surface area contributed by atoms with E-state index in [2.05, 4.69) is 64.7 Å². The fraction of sp³-hybridized carbons (Fsp3) is 0.360. The van der Waals surface area contributed by atoms with Gasteiger partial charge in [-0.1, -0.05) is 18.2 Å². The van der Waals surface area contributed by atoms with Crippen LogP contribution in [-0.2, 0) is 0 Å². The number of benzene rings is 1. The van der Waals surface area contributed by atoms with Crippen molar-refractivity contribution in [3.63, 3.8) is 0 Å². The highest BCUT2D eigenvalue weighted by molar-refractivity contribution is 7.80. The molecule has 32 heavy (non-hydrogen) atoms. The molecule has 1 aliphatic heterocycles. The number of hydrogen-bond acceptors (Lipinski definition) is 4. The van der Waals surface area contributed by atoms with E-state index in [0.29, 0.717) is 0 Å². The number of phenolic OH excluding ortho intramolecular Hbond substituents is 1. The van der Waals surface area contributed by atoms with E-state index >= 15 is 0 Å². The predicted octanol–water partition coefficient (Wildman–Crippen LogP) is 4.12. The van der Waals surface area contributed by atoms with Gasteiger partial charge in [-0.15, -0.1) is 0 Å². The number of aromatic hydroxyl groups is 1. The highest BCUT2D eigenvalue weighted by atomic mass is 32.1. The smallest absolute Gasteiger partial charge is 0.170 e. The first-order valence-corrected chi connectivity index (χ1v) is 11.4. The summed E-state index contributed by atoms with van der Waals surface area (Å²) >= 11 is 5.80. The van der Waals surface area contributed by atoms with Crippen molar-refractivity contribution >= 4 is 17.3 Å². The van der Waals surface area contributed by atoms with Crippen molar-refractivity contribution in [1.82, 2.24) is 24.7 Å². The van der Waals surface area contributed by atoms with Gasteiger partial charge in [0.15, 0.2) is 5.11 Å². The summed E-state index contributed by atoms with van der Waals surface area (Å²) in [5.74, 6) is 0.269. The Hall–Kier alpha value is -2.90. The second-order valence-electron chi connectivity index (χ2n) is 8.63. The maximum atomic E-state index is 10.5. The molecule has 1 fully saturated rings. The van der Waals surface area contributed by atoms with Gasteiger partial charge < -0.3 is 24.8 Å². The molecule has 4 rings (SSSR count). The van der Waals surface area contributed by atoms with E-state index in [0.717, 1.165) is 47.4 Å². The fourth-order valence-electron chi connectivity index (χ4n) is 4.65. The maximum absolute atomic E-state index is 10.5. The molecule has 0 unspecified atom stereocenters. The van der Waals surface area contributed by atoms with Crippen molar-refractivity contribution in [2.75, 3.05) is 27.2 Å². The van der Waals surface area contributed by atoms with Gasteiger partial charge in [-0.25, -0.2) is 0 Å². The van der Waals surface area contributed by atoms with Gasteiger partial charge in [0.25, 0.3) is 0 Å². The second kappa shape index (κ2) is 9.30. The van der Waals surface area contributed by atoms with Crippen molar-refractivity contribution in [2.24, 2.45) is 0 Å². The van der Waals surface area contributed by atoms with Crippen LogP contribution in [0, 0.1) is 13.8 Å². The Morgan fingerprint density at radius 2 is 1.88 bits per heavy atom. The Balaban J connectivity index is 1.78. The third-order valence-corrected chi connectivity index (χ3v) is 6.47. The zero-order chi connectivity index (χ0) is 22.8. The molecule has 2 atom stereocenters. The number of nitrogens with one attached hydrogen (secondary N) is 1. The molecule has 3 heterocycles. The molecule has 0 amide bonds. The van der Waals surface area contributed by atoms with Gasteiger partial charge in [-0.3, -0.25) is 4.98 Å². The zero-order valence-corrected chi connectivity index (χ0v) is 19.9. The molecule has 3 aromatic rings. The number of para-hydroxylation sites is 2. The van der Waals surface area contributed by atoms with Gasteiger partial charge in [0.05, 0.1) is 23.5 Å². The number of thiocarbonyl (C=S) groups is 1. The predicted molar refractivity (Wildman–Crippen MR) is 132 cm³/mol. The Labute approximate surface area is 195 Å². The van der Waals surface area contributed by atoms with Crippen LogP contribution in [0.25, 0.3) is 5.69 Å².